The van der Waals surface area contributed by atoms with Crippen LogP contribution in [0.2, 0.25) is 0 Å². The fourth-order valence-corrected chi connectivity index (χ4v) is 2.92. The summed E-state index contributed by atoms with van der Waals surface area (Å²) in [6, 6.07) is 13.0. The van der Waals surface area contributed by atoms with Gasteiger partial charge in [0, 0.05) is 25.8 Å². The average Bonchev–Trinajstić information content (AvgIpc) is 3.07. The molecule has 2 aromatic carbocycles. The second-order valence-electron chi connectivity index (χ2n) is 6.66. The number of rotatable bonds is 7. The smallest absolute Gasteiger partial charge is 0.385 e. The molecule has 7 nitrogen and oxygen atoms in total. The Balaban J connectivity index is 1.94. The highest BCUT2D eigenvalue weighted by atomic mass is 19.4. The van der Waals surface area contributed by atoms with Crippen molar-refractivity contribution in [2.75, 3.05) is 31.3 Å². The summed E-state index contributed by atoms with van der Waals surface area (Å²) in [5, 5.41) is 9.85. The van der Waals surface area contributed by atoms with Crippen LogP contribution in [0.5, 0.6) is 0 Å². The molecular weight excluding hydrogens is 411 g/mol. The van der Waals surface area contributed by atoms with Gasteiger partial charge in [0.05, 0.1) is 11.3 Å². The van der Waals surface area contributed by atoms with Crippen molar-refractivity contribution in [2.45, 2.75) is 12.6 Å². The Bertz CT molecular complexity index is 1020. The molecule has 3 rings (SSSR count). The number of ether oxygens (including phenoxy) is 1. The van der Waals surface area contributed by atoms with Gasteiger partial charge in [0.15, 0.2) is 5.82 Å². The average molecular weight is 433 g/mol. The maximum atomic E-state index is 12.9. The van der Waals surface area contributed by atoms with E-state index in [4.69, 9.17) is 10.5 Å². The van der Waals surface area contributed by atoms with Crippen LogP contribution in [-0.2, 0) is 10.9 Å². The molecular formula is C21H22F3N5O2. The summed E-state index contributed by atoms with van der Waals surface area (Å²) in [7, 11) is 1.57. The number of amides is 2. The van der Waals surface area contributed by atoms with Crippen LogP contribution in [0, 0.1) is 0 Å². The molecule has 0 aliphatic rings. The zero-order valence-corrected chi connectivity index (χ0v) is 16.7. The number of hydrogen-bond acceptors (Lipinski definition) is 4. The Hall–Kier alpha value is -3.53. The highest BCUT2D eigenvalue weighted by molar-refractivity contribution is 5.97. The third-order valence-corrected chi connectivity index (χ3v) is 4.46. The second-order valence-corrected chi connectivity index (χ2v) is 6.66. The number of aromatic nitrogens is 2. The van der Waals surface area contributed by atoms with Crippen LogP contribution in [0.15, 0.2) is 54.6 Å². The zero-order valence-electron chi connectivity index (χ0n) is 16.7. The molecule has 0 aliphatic heterocycles. The van der Waals surface area contributed by atoms with Crippen LogP contribution >= 0.6 is 0 Å². The highest BCUT2D eigenvalue weighted by Crippen LogP contribution is 2.35. The molecule has 0 atom stereocenters. The Kier molecular flexibility index (Phi) is 6.81. The highest BCUT2D eigenvalue weighted by Gasteiger charge is 2.30. The summed E-state index contributed by atoms with van der Waals surface area (Å²) in [5.41, 5.74) is 7.13. The van der Waals surface area contributed by atoms with Crippen LogP contribution < -0.4 is 16.4 Å². The van der Waals surface area contributed by atoms with E-state index in [0.29, 0.717) is 36.5 Å². The van der Waals surface area contributed by atoms with E-state index in [1.165, 1.54) is 16.8 Å². The molecule has 1 heterocycles. The molecule has 1 aromatic heterocycles. The molecule has 0 saturated heterocycles. The molecule has 0 fully saturated rings. The van der Waals surface area contributed by atoms with Gasteiger partial charge in [-0.3, -0.25) is 0 Å². The standard InChI is InChI=1S/C21H22F3N5O2/c1-31-13-5-12-26-20(30)27-18-17(14-6-3-2-4-7-14)28-29(19(18)25)16-10-8-15(9-11-16)21(22,23)24/h2-4,6-11H,5,12-13,25H2,1H3,(H2,26,27,30). The van der Waals surface area contributed by atoms with Gasteiger partial charge >= 0.3 is 12.2 Å². The van der Waals surface area contributed by atoms with Crippen molar-refractivity contribution in [2.24, 2.45) is 0 Å². The minimum Gasteiger partial charge on any atom is -0.385 e. The number of urea groups is 1. The van der Waals surface area contributed by atoms with E-state index in [-0.39, 0.29) is 11.5 Å². The first-order valence-electron chi connectivity index (χ1n) is 9.46. The first kappa shape index (κ1) is 22.2. The quantitative estimate of drug-likeness (QED) is 0.485. The van der Waals surface area contributed by atoms with Crippen molar-refractivity contribution < 1.29 is 22.7 Å². The topological polar surface area (TPSA) is 94.2 Å². The van der Waals surface area contributed by atoms with Crippen molar-refractivity contribution in [3.05, 3.63) is 60.2 Å². The molecule has 0 aliphatic carbocycles. The number of nitrogen functional groups attached to an aromatic ring is 1. The van der Waals surface area contributed by atoms with Gasteiger partial charge in [0.1, 0.15) is 11.4 Å². The molecule has 10 heteroatoms. The van der Waals surface area contributed by atoms with Gasteiger partial charge in [-0.25, -0.2) is 9.48 Å². The number of nitrogens with zero attached hydrogens (tertiary/aromatic N) is 2. The predicted molar refractivity (Wildman–Crippen MR) is 112 cm³/mol. The fraction of sp³-hybridized carbons (Fsp3) is 0.238. The third kappa shape index (κ3) is 5.34. The molecule has 2 amide bonds. The number of carbonyl (C=O) groups is 1. The summed E-state index contributed by atoms with van der Waals surface area (Å²) < 4.78 is 44.9. The van der Waals surface area contributed by atoms with Crippen molar-refractivity contribution in [1.29, 1.82) is 0 Å². The van der Waals surface area contributed by atoms with Gasteiger partial charge in [-0.05, 0) is 30.7 Å². The molecule has 3 aromatic rings. The van der Waals surface area contributed by atoms with Gasteiger partial charge in [-0.2, -0.15) is 18.3 Å². The van der Waals surface area contributed by atoms with Crippen LogP contribution in [0.25, 0.3) is 16.9 Å². The molecule has 0 bridgehead atoms. The second kappa shape index (κ2) is 9.52. The number of alkyl halides is 3. The Morgan fingerprint density at radius 1 is 1.13 bits per heavy atom. The predicted octanol–water partition coefficient (Wildman–Crippen LogP) is 4.30. The molecule has 0 unspecified atom stereocenters. The van der Waals surface area contributed by atoms with Crippen molar-refractivity contribution in [1.82, 2.24) is 15.1 Å². The number of halogens is 3. The number of carbonyl (C=O) groups excluding carboxylic acids is 1. The van der Waals surface area contributed by atoms with Crippen LogP contribution in [-0.4, -0.2) is 36.1 Å². The van der Waals surface area contributed by atoms with Crippen molar-refractivity contribution in [3.63, 3.8) is 0 Å². The number of nitrogens with two attached hydrogens (primary N) is 1. The van der Waals surface area contributed by atoms with Gasteiger partial charge in [0.25, 0.3) is 0 Å². The summed E-state index contributed by atoms with van der Waals surface area (Å²) in [6.07, 6.45) is -3.81. The maximum Gasteiger partial charge on any atom is 0.416 e. The summed E-state index contributed by atoms with van der Waals surface area (Å²) in [6.45, 7) is 0.900. The first-order chi connectivity index (χ1) is 14.8. The number of methoxy groups -OCH3 is 1. The van der Waals surface area contributed by atoms with E-state index >= 15 is 0 Å². The molecule has 0 radical (unpaired) electrons. The van der Waals surface area contributed by atoms with Crippen LogP contribution in [0.3, 0.4) is 0 Å². The first-order valence-corrected chi connectivity index (χ1v) is 9.46. The zero-order chi connectivity index (χ0) is 22.4. The maximum absolute atomic E-state index is 12.9. The van der Waals surface area contributed by atoms with Gasteiger partial charge < -0.3 is 21.1 Å². The van der Waals surface area contributed by atoms with Gasteiger partial charge in [0.2, 0.25) is 0 Å². The Morgan fingerprint density at radius 3 is 2.42 bits per heavy atom. The largest absolute Gasteiger partial charge is 0.416 e. The lowest BCUT2D eigenvalue weighted by atomic mass is 10.1. The van der Waals surface area contributed by atoms with Crippen molar-refractivity contribution in [3.8, 4) is 16.9 Å². The number of anilines is 2. The van der Waals surface area contributed by atoms with E-state index in [0.717, 1.165) is 12.1 Å². The Labute approximate surface area is 177 Å². The van der Waals surface area contributed by atoms with Crippen LogP contribution in [0.4, 0.5) is 29.5 Å². The van der Waals surface area contributed by atoms with Gasteiger partial charge in [-0.1, -0.05) is 30.3 Å². The normalized spacial score (nSPS) is 11.4. The number of benzene rings is 2. The molecule has 164 valence electrons. The van der Waals surface area contributed by atoms with Crippen LogP contribution in [0.1, 0.15) is 12.0 Å². The molecule has 0 saturated carbocycles. The molecule has 31 heavy (non-hydrogen) atoms. The lowest BCUT2D eigenvalue weighted by Gasteiger charge is -2.10. The lowest BCUT2D eigenvalue weighted by Crippen LogP contribution is -2.30. The van der Waals surface area contributed by atoms with Crippen molar-refractivity contribution >= 4 is 17.5 Å². The SMILES string of the molecule is COCCCNC(=O)Nc1c(-c2ccccc2)nn(-c2ccc(C(F)(F)F)cc2)c1N. The lowest BCUT2D eigenvalue weighted by molar-refractivity contribution is -0.137. The number of hydrogen-bond donors (Lipinski definition) is 3. The van der Waals surface area contributed by atoms with Gasteiger partial charge in [-0.15, -0.1) is 0 Å². The molecule has 4 N–H and O–H groups in total. The molecule has 0 spiro atoms. The van der Waals surface area contributed by atoms with E-state index in [2.05, 4.69) is 15.7 Å². The van der Waals surface area contributed by atoms with E-state index in [1.807, 2.05) is 6.07 Å². The van der Waals surface area contributed by atoms with E-state index in [1.54, 1.807) is 31.4 Å². The summed E-state index contributed by atoms with van der Waals surface area (Å²) >= 11 is 0. The van der Waals surface area contributed by atoms with E-state index < -0.39 is 17.8 Å². The monoisotopic (exact) mass is 433 g/mol. The summed E-state index contributed by atoms with van der Waals surface area (Å²) in [5.74, 6) is 0.0886. The summed E-state index contributed by atoms with van der Waals surface area (Å²) in [4.78, 5) is 12.3. The fourth-order valence-electron chi connectivity index (χ4n) is 2.92. The van der Waals surface area contributed by atoms with E-state index in [9.17, 15) is 18.0 Å². The minimum atomic E-state index is -4.45. The number of nitrogens with one attached hydrogen (secondary N) is 2. The minimum absolute atomic E-state index is 0.0886. The Morgan fingerprint density at radius 2 is 1.81 bits per heavy atom. The third-order valence-electron chi connectivity index (χ3n) is 4.46.